The van der Waals surface area contributed by atoms with Crippen molar-refractivity contribution in [3.05, 3.63) is 57.4 Å². The van der Waals surface area contributed by atoms with Crippen LogP contribution in [0.5, 0.6) is 0 Å². The Labute approximate surface area is 140 Å². The maximum Gasteiger partial charge on any atom is 0.262 e. The minimum absolute atomic E-state index is 0.00946. The topological polar surface area (TPSA) is 72.2 Å². The monoisotopic (exact) mass is 436 g/mol. The molecule has 0 spiro atoms. The Hall–Kier alpha value is -1.26. The fourth-order valence-electron chi connectivity index (χ4n) is 1.68. The maximum atomic E-state index is 13.1. The van der Waals surface area contributed by atoms with Gasteiger partial charge in [-0.3, -0.25) is 4.72 Å². The Balaban J connectivity index is 2.46. The van der Waals surface area contributed by atoms with Crippen LogP contribution in [0.2, 0.25) is 0 Å². The Morgan fingerprint density at radius 1 is 1.24 bits per heavy atom. The third-order valence-electron chi connectivity index (χ3n) is 2.62. The van der Waals surface area contributed by atoms with Crippen molar-refractivity contribution < 1.29 is 12.8 Å². The molecule has 0 bridgehead atoms. The predicted octanol–water partition coefficient (Wildman–Crippen LogP) is 2.87. The number of halogens is 2. The highest BCUT2D eigenvalue weighted by molar-refractivity contribution is 14.1. The Kier molecular flexibility index (Phi) is 4.79. The number of nitrogens with two attached hydrogens (primary N) is 1. The zero-order valence-electron chi connectivity index (χ0n) is 10.5. The molecule has 21 heavy (non-hydrogen) atoms. The molecule has 110 valence electrons. The number of benzene rings is 2. The van der Waals surface area contributed by atoms with Crippen LogP contribution < -0.4 is 10.5 Å². The number of rotatable bonds is 4. The van der Waals surface area contributed by atoms with Gasteiger partial charge in [-0.15, -0.1) is 0 Å². The maximum absolute atomic E-state index is 13.1. The average Bonchev–Trinajstić information content (AvgIpc) is 2.42. The number of hydrogen-bond acceptors (Lipinski definition) is 3. The van der Waals surface area contributed by atoms with E-state index >= 15 is 0 Å². The van der Waals surface area contributed by atoms with E-state index in [-0.39, 0.29) is 21.1 Å². The van der Waals surface area contributed by atoms with Gasteiger partial charge in [0, 0.05) is 9.13 Å². The van der Waals surface area contributed by atoms with Gasteiger partial charge in [0.25, 0.3) is 10.0 Å². The molecule has 2 aromatic carbocycles. The van der Waals surface area contributed by atoms with Crippen molar-refractivity contribution in [1.29, 1.82) is 0 Å². The van der Waals surface area contributed by atoms with Gasteiger partial charge in [0.05, 0.1) is 10.6 Å². The fourth-order valence-corrected chi connectivity index (χ4v) is 4.02. The molecular formula is C13H10FIN2O2S2. The number of anilines is 1. The second kappa shape index (κ2) is 6.24. The molecule has 0 amide bonds. The van der Waals surface area contributed by atoms with Crippen LogP contribution in [0.1, 0.15) is 5.56 Å². The molecule has 0 atom stereocenters. The van der Waals surface area contributed by atoms with E-state index in [4.69, 9.17) is 18.0 Å². The fraction of sp³-hybridized carbons (Fsp3) is 0. The molecule has 0 aliphatic carbocycles. The van der Waals surface area contributed by atoms with E-state index in [1.165, 1.54) is 30.3 Å². The van der Waals surface area contributed by atoms with Gasteiger partial charge in [0.1, 0.15) is 10.8 Å². The highest BCUT2D eigenvalue weighted by Crippen LogP contribution is 2.24. The van der Waals surface area contributed by atoms with Crippen LogP contribution in [-0.4, -0.2) is 13.4 Å². The zero-order valence-corrected chi connectivity index (χ0v) is 14.3. The van der Waals surface area contributed by atoms with Crippen molar-refractivity contribution in [1.82, 2.24) is 0 Å². The Morgan fingerprint density at radius 3 is 2.52 bits per heavy atom. The quantitative estimate of drug-likeness (QED) is 0.571. The van der Waals surface area contributed by atoms with E-state index in [9.17, 15) is 12.8 Å². The molecular weight excluding hydrogens is 426 g/mol. The van der Waals surface area contributed by atoms with Crippen LogP contribution in [0.3, 0.4) is 0 Å². The normalized spacial score (nSPS) is 11.1. The second-order valence-electron chi connectivity index (χ2n) is 4.09. The summed E-state index contributed by atoms with van der Waals surface area (Å²) in [5, 5.41) is 0. The Bertz CT molecular complexity index is 810. The van der Waals surface area contributed by atoms with E-state index in [0.29, 0.717) is 3.57 Å². The van der Waals surface area contributed by atoms with Crippen molar-refractivity contribution in [2.75, 3.05) is 4.72 Å². The molecule has 0 saturated heterocycles. The van der Waals surface area contributed by atoms with Crippen LogP contribution in [0, 0.1) is 9.39 Å². The molecule has 0 radical (unpaired) electrons. The van der Waals surface area contributed by atoms with E-state index in [2.05, 4.69) is 4.72 Å². The number of sulfonamides is 1. The first-order valence-electron chi connectivity index (χ1n) is 5.68. The van der Waals surface area contributed by atoms with Crippen LogP contribution in [0.4, 0.5) is 10.1 Å². The lowest BCUT2D eigenvalue weighted by Gasteiger charge is -2.12. The number of thiocarbonyl (C=S) groups is 1. The number of hydrogen-bond donors (Lipinski definition) is 2. The van der Waals surface area contributed by atoms with Crippen molar-refractivity contribution in [3.8, 4) is 0 Å². The van der Waals surface area contributed by atoms with Crippen LogP contribution in [0.15, 0.2) is 47.4 Å². The summed E-state index contributed by atoms with van der Waals surface area (Å²) in [5.74, 6) is -0.439. The molecule has 2 aromatic rings. The summed E-state index contributed by atoms with van der Waals surface area (Å²) in [5.41, 5.74) is 6.09. The average molecular weight is 436 g/mol. The molecule has 0 fully saturated rings. The third kappa shape index (κ3) is 3.69. The first-order valence-corrected chi connectivity index (χ1v) is 8.65. The smallest absolute Gasteiger partial charge is 0.262 e. The molecule has 0 unspecified atom stereocenters. The van der Waals surface area contributed by atoms with Gasteiger partial charge in [-0.25, -0.2) is 12.8 Å². The lowest BCUT2D eigenvalue weighted by molar-refractivity contribution is 0.600. The summed E-state index contributed by atoms with van der Waals surface area (Å²) < 4.78 is 40.8. The second-order valence-corrected chi connectivity index (χ2v) is 7.34. The summed E-state index contributed by atoms with van der Waals surface area (Å²) in [4.78, 5) is -0.0256. The lowest BCUT2D eigenvalue weighted by Crippen LogP contribution is -2.20. The molecule has 0 saturated carbocycles. The van der Waals surface area contributed by atoms with Gasteiger partial charge in [-0.2, -0.15) is 0 Å². The minimum Gasteiger partial charge on any atom is -0.389 e. The van der Waals surface area contributed by atoms with E-state index < -0.39 is 15.8 Å². The zero-order chi connectivity index (χ0) is 15.6. The van der Waals surface area contributed by atoms with Crippen LogP contribution >= 0.6 is 34.8 Å². The highest BCUT2D eigenvalue weighted by atomic mass is 127. The molecule has 0 heterocycles. The summed E-state index contributed by atoms with van der Waals surface area (Å²) in [6.45, 7) is 0. The summed E-state index contributed by atoms with van der Waals surface area (Å²) in [7, 11) is -3.87. The van der Waals surface area contributed by atoms with Crippen molar-refractivity contribution in [2.45, 2.75) is 4.90 Å². The van der Waals surface area contributed by atoms with Gasteiger partial charge in [0.15, 0.2) is 0 Å². The van der Waals surface area contributed by atoms with E-state index in [1.54, 1.807) is 12.1 Å². The van der Waals surface area contributed by atoms with E-state index in [1.807, 2.05) is 22.6 Å². The molecule has 4 nitrogen and oxygen atoms in total. The number of nitrogens with one attached hydrogen (secondary N) is 1. The molecule has 2 rings (SSSR count). The first-order chi connectivity index (χ1) is 9.81. The van der Waals surface area contributed by atoms with Crippen molar-refractivity contribution in [3.63, 3.8) is 0 Å². The first kappa shape index (κ1) is 16.1. The van der Waals surface area contributed by atoms with Gasteiger partial charge in [0.2, 0.25) is 0 Å². The molecule has 0 aromatic heterocycles. The van der Waals surface area contributed by atoms with Crippen molar-refractivity contribution >= 4 is 55.5 Å². The third-order valence-corrected chi connectivity index (χ3v) is 5.15. The summed E-state index contributed by atoms with van der Waals surface area (Å²) in [6.07, 6.45) is 0. The van der Waals surface area contributed by atoms with Gasteiger partial charge >= 0.3 is 0 Å². The van der Waals surface area contributed by atoms with Gasteiger partial charge in [-0.1, -0.05) is 30.4 Å². The highest BCUT2D eigenvalue weighted by Gasteiger charge is 2.20. The molecule has 3 N–H and O–H groups in total. The molecule has 0 aliphatic rings. The standard InChI is InChI=1S/C13H10FIN2O2S2/c14-8-5-6-11(10(15)7-8)17-21(18,19)12-4-2-1-3-9(12)13(16)20/h1-7,17H,(H2,16,20). The van der Waals surface area contributed by atoms with Crippen molar-refractivity contribution in [2.24, 2.45) is 5.73 Å². The van der Waals surface area contributed by atoms with Crippen LogP contribution in [0.25, 0.3) is 0 Å². The lowest BCUT2D eigenvalue weighted by atomic mass is 10.2. The molecule has 8 heteroatoms. The largest absolute Gasteiger partial charge is 0.389 e. The Morgan fingerprint density at radius 2 is 1.90 bits per heavy atom. The van der Waals surface area contributed by atoms with Crippen LogP contribution in [-0.2, 0) is 10.0 Å². The van der Waals surface area contributed by atoms with Gasteiger partial charge < -0.3 is 5.73 Å². The van der Waals surface area contributed by atoms with Gasteiger partial charge in [-0.05, 0) is 46.9 Å². The summed E-state index contributed by atoms with van der Waals surface area (Å²) in [6, 6.07) is 9.94. The minimum atomic E-state index is -3.87. The molecule has 0 aliphatic heterocycles. The predicted molar refractivity (Wildman–Crippen MR) is 92.3 cm³/mol. The van der Waals surface area contributed by atoms with E-state index in [0.717, 1.165) is 0 Å². The SMILES string of the molecule is NC(=S)c1ccccc1S(=O)(=O)Nc1ccc(F)cc1I. The summed E-state index contributed by atoms with van der Waals surface area (Å²) >= 11 is 6.71.